The number of hydrogen-bond donors (Lipinski definition) is 0. The molecule has 1 fully saturated rings. The molecule has 0 saturated heterocycles. The highest BCUT2D eigenvalue weighted by Crippen LogP contribution is 2.26. The van der Waals surface area contributed by atoms with Crippen LogP contribution in [0.1, 0.15) is 43.0 Å². The normalized spacial score (nSPS) is 23.3. The molecule has 2 atom stereocenters. The third kappa shape index (κ3) is 4.20. The quantitative estimate of drug-likeness (QED) is 0.749. The van der Waals surface area contributed by atoms with Gasteiger partial charge in [-0.25, -0.2) is 0 Å². The van der Waals surface area contributed by atoms with E-state index in [-0.39, 0.29) is 18.5 Å². The fraction of sp³-hybridized carbons (Fsp3) is 0.533. The molecule has 0 N–H and O–H groups in total. The van der Waals surface area contributed by atoms with Gasteiger partial charge in [0.05, 0.1) is 11.1 Å². The van der Waals surface area contributed by atoms with E-state index in [0.29, 0.717) is 21.5 Å². The number of hydrogen-bond acceptors (Lipinski definition) is 2. The molecule has 0 bridgehead atoms. The summed E-state index contributed by atoms with van der Waals surface area (Å²) in [5, 5.41) is 0.918. The van der Waals surface area contributed by atoms with E-state index in [1.165, 1.54) is 12.8 Å². The molecule has 2 nitrogen and oxygen atoms in total. The van der Waals surface area contributed by atoms with Crippen molar-refractivity contribution in [3.63, 3.8) is 0 Å². The van der Waals surface area contributed by atoms with Crippen molar-refractivity contribution < 1.29 is 9.53 Å². The van der Waals surface area contributed by atoms with Crippen molar-refractivity contribution in [1.82, 2.24) is 0 Å². The smallest absolute Gasteiger partial charge is 0.189 e. The first-order chi connectivity index (χ1) is 9.06. The highest BCUT2D eigenvalue weighted by atomic mass is 35.5. The molecule has 0 amide bonds. The van der Waals surface area contributed by atoms with Crippen LogP contribution in [0.3, 0.4) is 0 Å². The predicted molar refractivity (Wildman–Crippen MR) is 78.2 cm³/mol. The molecule has 104 valence electrons. The zero-order valence-electron chi connectivity index (χ0n) is 11.0. The summed E-state index contributed by atoms with van der Waals surface area (Å²) in [6, 6.07) is 4.90. The lowest BCUT2D eigenvalue weighted by Crippen LogP contribution is -2.24. The van der Waals surface area contributed by atoms with Crippen molar-refractivity contribution in [2.24, 2.45) is 5.92 Å². The summed E-state index contributed by atoms with van der Waals surface area (Å²) in [5.74, 6) is 0.605. The van der Waals surface area contributed by atoms with Gasteiger partial charge in [0, 0.05) is 10.6 Å². The van der Waals surface area contributed by atoms with Crippen molar-refractivity contribution in [1.29, 1.82) is 0 Å². The maximum Gasteiger partial charge on any atom is 0.189 e. The van der Waals surface area contributed by atoms with E-state index in [1.54, 1.807) is 18.2 Å². The molecule has 4 heteroatoms. The molecule has 1 aliphatic rings. The van der Waals surface area contributed by atoms with Crippen molar-refractivity contribution >= 4 is 29.0 Å². The first-order valence-corrected chi connectivity index (χ1v) is 7.41. The van der Waals surface area contributed by atoms with Crippen LogP contribution >= 0.6 is 23.2 Å². The lowest BCUT2D eigenvalue weighted by Gasteiger charge is -2.26. The Labute approximate surface area is 124 Å². The van der Waals surface area contributed by atoms with E-state index in [9.17, 15) is 4.79 Å². The second-order valence-electron chi connectivity index (χ2n) is 5.25. The van der Waals surface area contributed by atoms with Crippen LogP contribution in [-0.2, 0) is 4.74 Å². The zero-order chi connectivity index (χ0) is 13.8. The fourth-order valence-corrected chi connectivity index (χ4v) is 3.03. The van der Waals surface area contributed by atoms with Crippen LogP contribution in [0.25, 0.3) is 0 Å². The predicted octanol–water partition coefficient (Wildman–Crippen LogP) is 4.77. The lowest BCUT2D eigenvalue weighted by molar-refractivity contribution is 0.0182. The largest absolute Gasteiger partial charge is 0.370 e. The van der Waals surface area contributed by atoms with Crippen LogP contribution in [0.15, 0.2) is 18.2 Å². The summed E-state index contributed by atoms with van der Waals surface area (Å²) < 4.78 is 5.71. The van der Waals surface area contributed by atoms with Crippen molar-refractivity contribution in [3.05, 3.63) is 33.8 Å². The Morgan fingerprint density at radius 3 is 2.84 bits per heavy atom. The SMILES string of the molecule is CC1CCCC(OCC(=O)c2ccc(Cl)cc2Cl)C1. The first kappa shape index (κ1) is 14.8. The second kappa shape index (κ2) is 6.74. The molecule has 2 rings (SSSR count). The molecule has 19 heavy (non-hydrogen) atoms. The molecular weight excluding hydrogens is 283 g/mol. The molecule has 1 aromatic rings. The Kier molecular flexibility index (Phi) is 5.26. The standard InChI is InChI=1S/C15H18Cl2O2/c1-10-3-2-4-12(7-10)19-9-15(18)13-6-5-11(16)8-14(13)17/h5-6,8,10,12H,2-4,7,9H2,1H3. The highest BCUT2D eigenvalue weighted by molar-refractivity contribution is 6.36. The number of benzene rings is 1. The van der Waals surface area contributed by atoms with Crippen LogP contribution in [0.2, 0.25) is 10.0 Å². The zero-order valence-corrected chi connectivity index (χ0v) is 12.5. The molecule has 1 aliphatic carbocycles. The van der Waals surface area contributed by atoms with E-state index in [1.807, 2.05) is 0 Å². The average Bonchev–Trinajstić information content (AvgIpc) is 2.36. The number of carbonyl (C=O) groups is 1. The van der Waals surface area contributed by atoms with Gasteiger partial charge in [-0.1, -0.05) is 43.0 Å². The topological polar surface area (TPSA) is 26.3 Å². The minimum absolute atomic E-state index is 0.0834. The van der Waals surface area contributed by atoms with Crippen LogP contribution in [0, 0.1) is 5.92 Å². The van der Waals surface area contributed by atoms with Gasteiger partial charge in [-0.3, -0.25) is 4.79 Å². The number of ether oxygens (including phenoxy) is 1. The van der Waals surface area contributed by atoms with Gasteiger partial charge in [0.1, 0.15) is 6.61 Å². The molecule has 0 aromatic heterocycles. The van der Waals surface area contributed by atoms with Crippen LogP contribution in [0.4, 0.5) is 0 Å². The summed E-state index contributed by atoms with van der Waals surface area (Å²) in [6.45, 7) is 2.33. The lowest BCUT2D eigenvalue weighted by atomic mass is 9.89. The Morgan fingerprint density at radius 2 is 2.16 bits per heavy atom. The minimum Gasteiger partial charge on any atom is -0.370 e. The van der Waals surface area contributed by atoms with E-state index in [4.69, 9.17) is 27.9 Å². The van der Waals surface area contributed by atoms with Gasteiger partial charge < -0.3 is 4.74 Å². The van der Waals surface area contributed by atoms with E-state index < -0.39 is 0 Å². The molecular formula is C15H18Cl2O2. The molecule has 0 radical (unpaired) electrons. The van der Waals surface area contributed by atoms with Crippen LogP contribution in [0.5, 0.6) is 0 Å². The maximum atomic E-state index is 12.0. The monoisotopic (exact) mass is 300 g/mol. The third-order valence-electron chi connectivity index (χ3n) is 3.57. The van der Waals surface area contributed by atoms with Gasteiger partial charge >= 0.3 is 0 Å². The second-order valence-corrected chi connectivity index (χ2v) is 6.10. The van der Waals surface area contributed by atoms with Crippen LogP contribution in [-0.4, -0.2) is 18.5 Å². The Hall–Kier alpha value is -0.570. The molecule has 0 spiro atoms. The average molecular weight is 301 g/mol. The molecule has 1 aromatic carbocycles. The van der Waals surface area contributed by atoms with Crippen molar-refractivity contribution in [3.8, 4) is 0 Å². The third-order valence-corrected chi connectivity index (χ3v) is 4.12. The van der Waals surface area contributed by atoms with Crippen molar-refractivity contribution in [2.45, 2.75) is 38.7 Å². The van der Waals surface area contributed by atoms with E-state index in [0.717, 1.165) is 12.8 Å². The number of Topliss-reactive ketones (excluding diaryl/α,β-unsaturated/α-hetero) is 1. The fourth-order valence-electron chi connectivity index (χ4n) is 2.52. The number of halogens is 2. The number of carbonyl (C=O) groups excluding carboxylic acids is 1. The first-order valence-electron chi connectivity index (χ1n) is 6.66. The van der Waals surface area contributed by atoms with E-state index >= 15 is 0 Å². The highest BCUT2D eigenvalue weighted by Gasteiger charge is 2.21. The molecule has 0 heterocycles. The van der Waals surface area contributed by atoms with Gasteiger partial charge in [-0.15, -0.1) is 0 Å². The summed E-state index contributed by atoms with van der Waals surface area (Å²) >= 11 is 11.8. The molecule has 1 saturated carbocycles. The summed E-state index contributed by atoms with van der Waals surface area (Å²) in [4.78, 5) is 12.0. The van der Waals surface area contributed by atoms with Gasteiger partial charge in [0.15, 0.2) is 5.78 Å². The van der Waals surface area contributed by atoms with Crippen molar-refractivity contribution in [2.75, 3.05) is 6.61 Å². The van der Waals surface area contributed by atoms with Crippen LogP contribution < -0.4 is 0 Å². The summed E-state index contributed by atoms with van der Waals surface area (Å²) in [6.07, 6.45) is 4.74. The Morgan fingerprint density at radius 1 is 1.37 bits per heavy atom. The van der Waals surface area contributed by atoms with Gasteiger partial charge in [-0.05, 0) is 37.0 Å². The number of ketones is 1. The van der Waals surface area contributed by atoms with Gasteiger partial charge in [-0.2, -0.15) is 0 Å². The maximum absolute atomic E-state index is 12.0. The summed E-state index contributed by atoms with van der Waals surface area (Å²) in [7, 11) is 0. The summed E-state index contributed by atoms with van der Waals surface area (Å²) in [5.41, 5.74) is 0.481. The molecule has 2 unspecified atom stereocenters. The van der Waals surface area contributed by atoms with E-state index in [2.05, 4.69) is 6.92 Å². The minimum atomic E-state index is -0.0834. The Bertz CT molecular complexity index is 459. The van der Waals surface area contributed by atoms with Gasteiger partial charge in [0.25, 0.3) is 0 Å². The molecule has 0 aliphatic heterocycles. The Balaban J connectivity index is 1.90. The number of rotatable bonds is 4. The van der Waals surface area contributed by atoms with Gasteiger partial charge in [0.2, 0.25) is 0 Å².